The molecule has 0 unspecified atom stereocenters. The molecule has 2 heterocycles. The Morgan fingerprint density at radius 1 is 1.04 bits per heavy atom. The molecule has 0 saturated heterocycles. The molecular formula is C21H20N2O4. The minimum absolute atomic E-state index is 0.283. The van der Waals surface area contributed by atoms with E-state index in [-0.39, 0.29) is 11.7 Å². The Balaban J connectivity index is 1.57. The summed E-state index contributed by atoms with van der Waals surface area (Å²) in [5, 5.41) is 0. The Bertz CT molecular complexity index is 1060. The molecule has 3 aromatic rings. The largest absolute Gasteiger partial charge is 0.374 e. The molecule has 27 heavy (non-hydrogen) atoms. The Hall–Kier alpha value is -2.96. The van der Waals surface area contributed by atoms with Gasteiger partial charge in [0.25, 0.3) is 5.56 Å². The smallest absolute Gasteiger partial charge is 0.330 e. The van der Waals surface area contributed by atoms with E-state index < -0.39 is 11.9 Å². The van der Waals surface area contributed by atoms with Gasteiger partial charge in [0.1, 0.15) is 6.10 Å². The van der Waals surface area contributed by atoms with Gasteiger partial charge in [-0.25, -0.2) is 4.79 Å². The molecule has 4 rings (SSSR count). The van der Waals surface area contributed by atoms with Gasteiger partial charge in [-0.1, -0.05) is 54.6 Å². The number of aryl methyl sites for hydroxylation is 1. The van der Waals surface area contributed by atoms with Crippen LogP contribution in [0.15, 0.2) is 70.4 Å². The lowest BCUT2D eigenvalue weighted by atomic mass is 10.0. The quantitative estimate of drug-likeness (QED) is 0.755. The molecule has 1 aliphatic heterocycles. The number of ether oxygens (including phenoxy) is 2. The lowest BCUT2D eigenvalue weighted by molar-refractivity contribution is -0.0562. The van der Waals surface area contributed by atoms with E-state index in [1.54, 1.807) is 6.92 Å². The van der Waals surface area contributed by atoms with Crippen LogP contribution in [0.5, 0.6) is 0 Å². The van der Waals surface area contributed by atoms with E-state index in [1.165, 1.54) is 10.8 Å². The highest BCUT2D eigenvalue weighted by Gasteiger charge is 2.33. The number of rotatable bonds is 5. The van der Waals surface area contributed by atoms with E-state index in [1.807, 2.05) is 54.6 Å². The molecule has 0 amide bonds. The molecule has 2 aromatic carbocycles. The molecule has 0 radical (unpaired) electrons. The normalized spacial score (nSPS) is 18.4. The van der Waals surface area contributed by atoms with Crippen LogP contribution >= 0.6 is 0 Å². The fraction of sp³-hybridized carbons (Fsp3) is 0.238. The summed E-state index contributed by atoms with van der Waals surface area (Å²) in [6.45, 7) is 2.53. The van der Waals surface area contributed by atoms with Crippen molar-refractivity contribution in [3.05, 3.63) is 104 Å². The molecule has 6 nitrogen and oxygen atoms in total. The number of hydrogen-bond donors (Lipinski definition) is 1. The van der Waals surface area contributed by atoms with Crippen molar-refractivity contribution in [1.29, 1.82) is 0 Å². The van der Waals surface area contributed by atoms with E-state index >= 15 is 0 Å². The van der Waals surface area contributed by atoms with Crippen molar-refractivity contribution < 1.29 is 9.47 Å². The Morgan fingerprint density at radius 3 is 2.52 bits per heavy atom. The van der Waals surface area contributed by atoms with E-state index in [9.17, 15) is 9.59 Å². The zero-order valence-electron chi connectivity index (χ0n) is 14.9. The van der Waals surface area contributed by atoms with Crippen LogP contribution in [0.4, 0.5) is 0 Å². The second-order valence-electron chi connectivity index (χ2n) is 6.59. The van der Waals surface area contributed by atoms with Crippen LogP contribution in [0.1, 0.15) is 34.6 Å². The van der Waals surface area contributed by atoms with Crippen molar-refractivity contribution in [1.82, 2.24) is 9.55 Å². The maximum atomic E-state index is 12.3. The van der Waals surface area contributed by atoms with Gasteiger partial charge in [-0.3, -0.25) is 14.3 Å². The van der Waals surface area contributed by atoms with E-state index in [4.69, 9.17) is 9.47 Å². The summed E-state index contributed by atoms with van der Waals surface area (Å²) < 4.78 is 13.4. The van der Waals surface area contributed by atoms with Gasteiger partial charge >= 0.3 is 5.69 Å². The molecule has 0 fully saturated rings. The summed E-state index contributed by atoms with van der Waals surface area (Å²) in [6.07, 6.45) is 0.666. The van der Waals surface area contributed by atoms with Crippen LogP contribution in [-0.2, 0) is 16.1 Å². The molecule has 1 aliphatic rings. The topological polar surface area (TPSA) is 73.3 Å². The minimum Gasteiger partial charge on any atom is -0.374 e. The predicted molar refractivity (Wildman–Crippen MR) is 101 cm³/mol. The third-order valence-corrected chi connectivity index (χ3v) is 4.68. The highest BCUT2D eigenvalue weighted by atomic mass is 16.5. The number of nitrogens with one attached hydrogen (secondary N) is 1. The number of aromatic nitrogens is 2. The number of benzene rings is 2. The number of H-pyrrole nitrogens is 1. The van der Waals surface area contributed by atoms with Crippen LogP contribution in [0.3, 0.4) is 0 Å². The van der Waals surface area contributed by atoms with Crippen molar-refractivity contribution in [2.75, 3.05) is 6.61 Å². The first-order chi connectivity index (χ1) is 13.1. The van der Waals surface area contributed by atoms with Gasteiger partial charge < -0.3 is 9.47 Å². The van der Waals surface area contributed by atoms with Gasteiger partial charge in [0, 0.05) is 17.3 Å². The third kappa shape index (κ3) is 3.49. The van der Waals surface area contributed by atoms with Gasteiger partial charge in [-0.15, -0.1) is 0 Å². The number of aromatic amines is 1. The van der Waals surface area contributed by atoms with Crippen LogP contribution in [-0.4, -0.2) is 16.2 Å². The second-order valence-corrected chi connectivity index (χ2v) is 6.59. The van der Waals surface area contributed by atoms with Gasteiger partial charge in [0.2, 0.25) is 0 Å². The zero-order valence-corrected chi connectivity index (χ0v) is 14.9. The lowest BCUT2D eigenvalue weighted by Gasteiger charge is -2.17. The third-order valence-electron chi connectivity index (χ3n) is 4.68. The van der Waals surface area contributed by atoms with E-state index in [2.05, 4.69) is 4.98 Å². The standard InChI is InChI=1S/C21H20N2O4/c1-14-11-23(21(25)22-19(14)24)20-17-10-6-5-9-16(17)18(27-20)13-26-12-15-7-3-2-4-8-15/h2-11,18,20H,12-13H2,1H3,(H,22,24,25)/t18-,20+/m0/s1. The highest BCUT2D eigenvalue weighted by Crippen LogP contribution is 2.39. The maximum Gasteiger partial charge on any atom is 0.330 e. The van der Waals surface area contributed by atoms with Crippen molar-refractivity contribution in [2.24, 2.45) is 0 Å². The molecule has 0 spiro atoms. The van der Waals surface area contributed by atoms with E-state index in [0.29, 0.717) is 18.8 Å². The summed E-state index contributed by atoms with van der Waals surface area (Å²) in [6, 6.07) is 17.7. The molecule has 138 valence electrons. The fourth-order valence-electron chi connectivity index (χ4n) is 3.29. The van der Waals surface area contributed by atoms with Crippen molar-refractivity contribution in [2.45, 2.75) is 25.9 Å². The SMILES string of the molecule is Cc1cn([C@@H]2O[C@@H](COCc3ccccc3)c3ccccc32)c(=O)[nH]c1=O. The first-order valence-corrected chi connectivity index (χ1v) is 8.81. The summed E-state index contributed by atoms with van der Waals surface area (Å²) >= 11 is 0. The summed E-state index contributed by atoms with van der Waals surface area (Å²) in [7, 11) is 0. The average molecular weight is 364 g/mol. The minimum atomic E-state index is -0.588. The second kappa shape index (κ2) is 7.34. The Kier molecular flexibility index (Phi) is 4.75. The van der Waals surface area contributed by atoms with Crippen LogP contribution in [0.2, 0.25) is 0 Å². The van der Waals surface area contributed by atoms with Crippen molar-refractivity contribution in [3.63, 3.8) is 0 Å². The van der Waals surface area contributed by atoms with Crippen LogP contribution in [0.25, 0.3) is 0 Å². The number of fused-ring (bicyclic) bond motifs is 1. The molecule has 2 atom stereocenters. The van der Waals surface area contributed by atoms with Gasteiger partial charge in [-0.2, -0.15) is 0 Å². The molecule has 0 bridgehead atoms. The number of hydrogen-bond acceptors (Lipinski definition) is 4. The molecule has 1 aromatic heterocycles. The van der Waals surface area contributed by atoms with Gasteiger partial charge in [0.05, 0.1) is 13.2 Å². The first-order valence-electron chi connectivity index (χ1n) is 8.81. The fourth-order valence-corrected chi connectivity index (χ4v) is 3.29. The summed E-state index contributed by atoms with van der Waals surface area (Å²) in [4.78, 5) is 26.3. The first kappa shape index (κ1) is 17.5. The van der Waals surface area contributed by atoms with Crippen molar-refractivity contribution in [3.8, 4) is 0 Å². The van der Waals surface area contributed by atoms with Crippen LogP contribution in [0, 0.1) is 6.92 Å². The van der Waals surface area contributed by atoms with Crippen molar-refractivity contribution >= 4 is 0 Å². The molecule has 6 heteroatoms. The maximum absolute atomic E-state index is 12.3. The van der Waals surface area contributed by atoms with Crippen LogP contribution < -0.4 is 11.2 Å². The van der Waals surface area contributed by atoms with Gasteiger partial charge in [-0.05, 0) is 18.1 Å². The van der Waals surface area contributed by atoms with Gasteiger partial charge in [0.15, 0.2) is 6.23 Å². The summed E-state index contributed by atoms with van der Waals surface area (Å²) in [5.74, 6) is 0. The Labute approximate surface area is 156 Å². The average Bonchev–Trinajstić information content (AvgIpc) is 3.04. The van der Waals surface area contributed by atoms with E-state index in [0.717, 1.165) is 16.7 Å². The molecular weight excluding hydrogens is 344 g/mol. The highest BCUT2D eigenvalue weighted by molar-refractivity contribution is 5.35. The monoisotopic (exact) mass is 364 g/mol. The predicted octanol–water partition coefficient (Wildman–Crippen LogP) is 2.68. The summed E-state index contributed by atoms with van der Waals surface area (Å²) in [5.41, 5.74) is 2.57. The number of nitrogens with zero attached hydrogens (tertiary/aromatic N) is 1. The molecule has 1 N–H and O–H groups in total. The molecule has 0 aliphatic carbocycles. The zero-order chi connectivity index (χ0) is 18.8. The lowest BCUT2D eigenvalue weighted by Crippen LogP contribution is -2.33. The Morgan fingerprint density at radius 2 is 1.74 bits per heavy atom. The molecule has 0 saturated carbocycles.